The standard InChI is InChI=1S/C80H65N/c1-46-23-30-58-61-33-27-50(41-74(61)78(5,6)71(58)37-46)81(51-28-34-62-59-31-24-47(2)38-72(59)79(7,8)75(62)42-51)52-29-35-63-60-32-25-49(40-73(60)80(9,10)76(63)43-52)65-45-67-55-19-13-11-17-53(55)64(44-66(67)56-20-14-12-18-54(56)65)48-26-36-70-68(39-48)57-21-15-16-22-69(57)77(70,3)4/h11-45H,1-10H3. The van der Waals surface area contributed by atoms with Crippen molar-refractivity contribution in [1.29, 1.82) is 0 Å². The normalized spacial score (nSPS) is 15.7. The van der Waals surface area contributed by atoms with Gasteiger partial charge in [0.1, 0.15) is 0 Å². The summed E-state index contributed by atoms with van der Waals surface area (Å²) in [5.74, 6) is 0. The molecule has 0 unspecified atom stereocenters. The van der Waals surface area contributed by atoms with Crippen LogP contribution >= 0.6 is 0 Å². The monoisotopic (exact) mass is 1040 g/mol. The Morgan fingerprint density at radius 2 is 0.556 bits per heavy atom. The van der Waals surface area contributed by atoms with Gasteiger partial charge in [-0.3, -0.25) is 0 Å². The van der Waals surface area contributed by atoms with Crippen molar-refractivity contribution in [1.82, 2.24) is 0 Å². The van der Waals surface area contributed by atoms with E-state index in [0.717, 1.165) is 0 Å². The summed E-state index contributed by atoms with van der Waals surface area (Å²) in [4.78, 5) is 2.54. The highest BCUT2D eigenvalue weighted by Gasteiger charge is 2.41. The van der Waals surface area contributed by atoms with E-state index in [1.54, 1.807) is 0 Å². The molecule has 0 N–H and O–H groups in total. The van der Waals surface area contributed by atoms with Gasteiger partial charge in [-0.2, -0.15) is 0 Å². The zero-order valence-corrected chi connectivity index (χ0v) is 48.2. The number of aryl methyl sites for hydroxylation is 2. The molecular formula is C80H65N. The van der Waals surface area contributed by atoms with E-state index in [1.165, 1.54) is 172 Å². The fraction of sp³-hybridized carbons (Fsp3) is 0.175. The summed E-state index contributed by atoms with van der Waals surface area (Å²) in [5.41, 5.74) is 32.4. The van der Waals surface area contributed by atoms with Crippen molar-refractivity contribution in [2.45, 2.75) is 90.9 Å². The molecule has 4 aliphatic rings. The molecule has 0 atom stereocenters. The van der Waals surface area contributed by atoms with E-state index in [-0.39, 0.29) is 21.7 Å². The number of rotatable bonds is 5. The van der Waals surface area contributed by atoms with Crippen molar-refractivity contribution in [3.63, 3.8) is 0 Å². The van der Waals surface area contributed by atoms with Gasteiger partial charge in [-0.05, 0) is 218 Å². The number of hydrogen-bond acceptors (Lipinski definition) is 1. The maximum atomic E-state index is 2.54. The number of hydrogen-bond donors (Lipinski definition) is 0. The zero-order chi connectivity index (χ0) is 55.2. The van der Waals surface area contributed by atoms with Crippen LogP contribution in [0.4, 0.5) is 17.1 Å². The third kappa shape index (κ3) is 6.61. The van der Waals surface area contributed by atoms with E-state index < -0.39 is 0 Å². The summed E-state index contributed by atoms with van der Waals surface area (Å²) >= 11 is 0. The maximum Gasteiger partial charge on any atom is 0.0465 e. The Morgan fingerprint density at radius 3 is 1.04 bits per heavy atom. The Bertz CT molecular complexity index is 4670. The molecule has 0 radical (unpaired) electrons. The van der Waals surface area contributed by atoms with Crippen molar-refractivity contribution in [3.05, 3.63) is 268 Å². The van der Waals surface area contributed by atoms with Crippen molar-refractivity contribution < 1.29 is 0 Å². The van der Waals surface area contributed by atoms with Crippen LogP contribution in [0.15, 0.2) is 212 Å². The summed E-state index contributed by atoms with van der Waals surface area (Å²) in [7, 11) is 0. The molecule has 0 amide bonds. The van der Waals surface area contributed by atoms with Gasteiger partial charge >= 0.3 is 0 Å². The first-order chi connectivity index (χ1) is 39.0. The quantitative estimate of drug-likeness (QED) is 0.155. The lowest BCUT2D eigenvalue weighted by Gasteiger charge is -2.31. The van der Waals surface area contributed by atoms with E-state index in [0.29, 0.717) is 0 Å². The molecule has 0 bridgehead atoms. The molecule has 0 aliphatic heterocycles. The van der Waals surface area contributed by atoms with Crippen molar-refractivity contribution >= 4 is 49.4 Å². The molecule has 0 fully saturated rings. The molecule has 4 aliphatic carbocycles. The van der Waals surface area contributed by atoms with E-state index in [1.807, 2.05) is 0 Å². The van der Waals surface area contributed by atoms with E-state index in [4.69, 9.17) is 0 Å². The number of nitrogens with zero attached hydrogens (tertiary/aromatic N) is 1. The highest BCUT2D eigenvalue weighted by atomic mass is 15.1. The molecule has 12 aromatic carbocycles. The van der Waals surface area contributed by atoms with Crippen LogP contribution in [0.1, 0.15) is 111 Å². The van der Waals surface area contributed by atoms with Crippen molar-refractivity contribution in [3.8, 4) is 66.8 Å². The van der Waals surface area contributed by atoms with Gasteiger partial charge in [-0.1, -0.05) is 218 Å². The molecule has 0 heterocycles. The Morgan fingerprint density at radius 1 is 0.222 bits per heavy atom. The first kappa shape index (κ1) is 48.2. The van der Waals surface area contributed by atoms with Gasteiger partial charge in [0.2, 0.25) is 0 Å². The van der Waals surface area contributed by atoms with Gasteiger partial charge in [-0.25, -0.2) is 0 Å². The zero-order valence-electron chi connectivity index (χ0n) is 48.2. The lowest BCUT2D eigenvalue weighted by Crippen LogP contribution is -2.19. The Kier molecular flexibility index (Phi) is 9.76. The summed E-state index contributed by atoms with van der Waals surface area (Å²) in [6, 6.07) is 82.4. The SMILES string of the molecule is Cc1ccc2c(c1)C(C)(C)c1cc(N(c3ccc4c(c3)C(C)(C)c3cc(C)ccc3-4)c3ccc4c(c3)C(C)(C)c3cc(-c5cc6c7ccccc7c(-c7ccc8c(c7)-c7ccccc7C8(C)C)cc6c6ccccc56)ccc3-4)ccc1-2. The van der Waals surface area contributed by atoms with Gasteiger partial charge in [-0.15, -0.1) is 0 Å². The van der Waals surface area contributed by atoms with Crippen LogP contribution < -0.4 is 4.90 Å². The van der Waals surface area contributed by atoms with Crippen molar-refractivity contribution in [2.75, 3.05) is 4.90 Å². The molecule has 0 saturated heterocycles. The van der Waals surface area contributed by atoms with E-state index in [2.05, 4.69) is 286 Å². The topological polar surface area (TPSA) is 3.24 Å². The fourth-order valence-electron chi connectivity index (χ4n) is 15.8. The van der Waals surface area contributed by atoms with E-state index >= 15 is 0 Å². The second-order valence-corrected chi connectivity index (χ2v) is 26.2. The lowest BCUT2D eigenvalue weighted by molar-refractivity contribution is 0.659. The second-order valence-electron chi connectivity index (χ2n) is 26.2. The number of fused-ring (bicyclic) bond motifs is 17. The molecule has 390 valence electrons. The van der Waals surface area contributed by atoms with Gasteiger partial charge in [0.15, 0.2) is 0 Å². The minimum absolute atomic E-state index is 0.0367. The third-order valence-electron chi connectivity index (χ3n) is 20.2. The molecule has 1 heteroatoms. The summed E-state index contributed by atoms with van der Waals surface area (Å²) in [6.45, 7) is 23.7. The Hall–Kier alpha value is -8.78. The number of benzene rings is 12. The predicted molar refractivity (Wildman–Crippen MR) is 344 cm³/mol. The summed E-state index contributed by atoms with van der Waals surface area (Å²) < 4.78 is 0. The minimum Gasteiger partial charge on any atom is -0.310 e. The molecule has 0 aromatic heterocycles. The maximum absolute atomic E-state index is 2.54. The third-order valence-corrected chi connectivity index (χ3v) is 20.2. The number of anilines is 3. The summed E-state index contributed by atoms with van der Waals surface area (Å²) in [6.07, 6.45) is 0. The van der Waals surface area contributed by atoms with Gasteiger partial charge < -0.3 is 4.90 Å². The smallest absolute Gasteiger partial charge is 0.0465 e. The van der Waals surface area contributed by atoms with Crippen LogP contribution in [-0.4, -0.2) is 0 Å². The van der Waals surface area contributed by atoms with Gasteiger partial charge in [0.25, 0.3) is 0 Å². The average molecular weight is 1040 g/mol. The highest BCUT2D eigenvalue weighted by molar-refractivity contribution is 6.24. The molecule has 12 aromatic rings. The summed E-state index contributed by atoms with van der Waals surface area (Å²) in [5, 5.41) is 7.68. The molecule has 16 rings (SSSR count). The molecule has 0 saturated carbocycles. The first-order valence-electron chi connectivity index (χ1n) is 29.2. The average Bonchev–Trinajstić information content (AvgIpc) is 3.03. The fourth-order valence-corrected chi connectivity index (χ4v) is 15.8. The van der Waals surface area contributed by atoms with Gasteiger partial charge in [0, 0.05) is 38.7 Å². The Balaban J connectivity index is 0.824. The molecule has 1 nitrogen and oxygen atoms in total. The van der Waals surface area contributed by atoms with Crippen molar-refractivity contribution in [2.24, 2.45) is 0 Å². The largest absolute Gasteiger partial charge is 0.310 e. The van der Waals surface area contributed by atoms with Gasteiger partial charge in [0.05, 0.1) is 0 Å². The first-order valence-corrected chi connectivity index (χ1v) is 29.2. The molecule has 81 heavy (non-hydrogen) atoms. The molecule has 0 spiro atoms. The van der Waals surface area contributed by atoms with E-state index in [9.17, 15) is 0 Å². The van der Waals surface area contributed by atoms with Crippen LogP contribution in [0.5, 0.6) is 0 Å². The molecular weight excluding hydrogens is 975 g/mol. The second kappa shape index (κ2) is 16.4. The minimum atomic E-state index is -0.277. The van der Waals surface area contributed by atoms with Crippen LogP contribution in [0.2, 0.25) is 0 Å². The highest BCUT2D eigenvalue weighted by Crippen LogP contribution is 2.57. The predicted octanol–water partition coefficient (Wildman–Crippen LogP) is 21.8. The van der Waals surface area contributed by atoms with Crippen LogP contribution in [0.25, 0.3) is 99.1 Å². The van der Waals surface area contributed by atoms with Crippen LogP contribution in [0.3, 0.4) is 0 Å². The van der Waals surface area contributed by atoms with Crippen LogP contribution in [-0.2, 0) is 21.7 Å². The lowest BCUT2D eigenvalue weighted by atomic mass is 9.80. The van der Waals surface area contributed by atoms with Crippen LogP contribution in [0, 0.1) is 13.8 Å². The Labute approximate surface area is 477 Å².